The van der Waals surface area contributed by atoms with Gasteiger partial charge in [-0.05, 0) is 70.6 Å². The molecule has 2 aromatic heterocycles. The first-order valence-corrected chi connectivity index (χ1v) is 8.63. The minimum Gasteiger partial charge on any atom is -0.369 e. The summed E-state index contributed by atoms with van der Waals surface area (Å²) in [6, 6.07) is 4.54. The van der Waals surface area contributed by atoms with Gasteiger partial charge in [0.1, 0.15) is 5.82 Å². The second-order valence-electron chi connectivity index (χ2n) is 7.13. The molecular weight excluding hydrogens is 296 g/mol. The Kier molecular flexibility index (Phi) is 4.50. The molecule has 0 atom stereocenters. The van der Waals surface area contributed by atoms with E-state index in [0.717, 1.165) is 25.3 Å². The molecule has 3 rings (SSSR count). The summed E-state index contributed by atoms with van der Waals surface area (Å²) in [7, 11) is 6.38. The van der Waals surface area contributed by atoms with Crippen molar-refractivity contribution in [2.75, 3.05) is 32.5 Å². The zero-order valence-corrected chi connectivity index (χ0v) is 15.7. The topological polar surface area (TPSA) is 33.1 Å². The Hall–Kier alpha value is -2.07. The van der Waals surface area contributed by atoms with Crippen molar-refractivity contribution in [1.82, 2.24) is 14.5 Å². The highest BCUT2D eigenvalue weighted by molar-refractivity contribution is 6.15. The van der Waals surface area contributed by atoms with Gasteiger partial charge in [-0.1, -0.05) is 6.07 Å². The third kappa shape index (κ3) is 2.86. The number of pyridine rings is 1. The lowest BCUT2D eigenvalue weighted by molar-refractivity contribution is 0.405. The standard InChI is InChI=1S/C20H28N4/c1-13-10-14(2)17-16(11-13)24(6)19-15(3)12-22-20(18(17)19)21-8-7-9-23(4)5/h10-12H,7-9H2,1-6H3,(H,21,22). The van der Waals surface area contributed by atoms with Crippen molar-refractivity contribution in [3.8, 4) is 0 Å². The van der Waals surface area contributed by atoms with E-state index < -0.39 is 0 Å². The van der Waals surface area contributed by atoms with E-state index in [4.69, 9.17) is 4.98 Å². The first-order valence-electron chi connectivity index (χ1n) is 8.63. The second-order valence-corrected chi connectivity index (χ2v) is 7.13. The molecule has 0 amide bonds. The number of hydrogen-bond donors (Lipinski definition) is 1. The Bertz CT molecular complexity index is 890. The zero-order chi connectivity index (χ0) is 17.4. The summed E-state index contributed by atoms with van der Waals surface area (Å²) >= 11 is 0. The van der Waals surface area contributed by atoms with Gasteiger partial charge in [-0.25, -0.2) is 4.98 Å². The predicted molar refractivity (Wildman–Crippen MR) is 104 cm³/mol. The molecule has 0 unspecified atom stereocenters. The molecule has 0 fully saturated rings. The minimum absolute atomic E-state index is 0.935. The van der Waals surface area contributed by atoms with Gasteiger partial charge in [-0.3, -0.25) is 0 Å². The summed E-state index contributed by atoms with van der Waals surface area (Å²) in [4.78, 5) is 6.93. The number of aromatic nitrogens is 2. The van der Waals surface area contributed by atoms with Crippen LogP contribution in [0.4, 0.5) is 5.82 Å². The molecule has 1 N–H and O–H groups in total. The zero-order valence-electron chi connectivity index (χ0n) is 15.7. The number of hydrogen-bond acceptors (Lipinski definition) is 3. The molecule has 0 radical (unpaired) electrons. The first kappa shape index (κ1) is 16.8. The van der Waals surface area contributed by atoms with Gasteiger partial charge in [0.25, 0.3) is 0 Å². The average Bonchev–Trinajstić information content (AvgIpc) is 2.80. The van der Waals surface area contributed by atoms with Crippen LogP contribution >= 0.6 is 0 Å². The van der Waals surface area contributed by atoms with Crippen LogP contribution in [0, 0.1) is 20.8 Å². The fourth-order valence-corrected chi connectivity index (χ4v) is 3.66. The lowest BCUT2D eigenvalue weighted by Crippen LogP contribution is -2.16. The van der Waals surface area contributed by atoms with E-state index in [0.29, 0.717) is 0 Å². The maximum Gasteiger partial charge on any atom is 0.136 e. The molecule has 128 valence electrons. The molecule has 24 heavy (non-hydrogen) atoms. The van der Waals surface area contributed by atoms with Crippen LogP contribution in [0.3, 0.4) is 0 Å². The van der Waals surface area contributed by atoms with Crippen molar-refractivity contribution in [2.24, 2.45) is 7.05 Å². The van der Waals surface area contributed by atoms with Gasteiger partial charge < -0.3 is 14.8 Å². The van der Waals surface area contributed by atoms with Crippen LogP contribution in [0.15, 0.2) is 18.3 Å². The number of rotatable bonds is 5. The quantitative estimate of drug-likeness (QED) is 0.720. The second kappa shape index (κ2) is 6.44. The molecular formula is C20H28N4. The highest BCUT2D eigenvalue weighted by atomic mass is 15.1. The van der Waals surface area contributed by atoms with Crippen LogP contribution in [0.2, 0.25) is 0 Å². The Balaban J connectivity index is 2.14. The van der Waals surface area contributed by atoms with Gasteiger partial charge in [0.15, 0.2) is 0 Å². The van der Waals surface area contributed by atoms with Gasteiger partial charge in [-0.15, -0.1) is 0 Å². The monoisotopic (exact) mass is 324 g/mol. The molecule has 0 aliphatic rings. The number of benzene rings is 1. The normalized spacial score (nSPS) is 11.8. The van der Waals surface area contributed by atoms with E-state index in [1.54, 1.807) is 0 Å². The summed E-state index contributed by atoms with van der Waals surface area (Å²) in [5.74, 6) is 1.01. The summed E-state index contributed by atoms with van der Waals surface area (Å²) in [6.07, 6.45) is 3.09. The van der Waals surface area contributed by atoms with Crippen LogP contribution in [-0.2, 0) is 7.05 Å². The number of aryl methyl sites for hydroxylation is 4. The Morgan fingerprint density at radius 1 is 1.08 bits per heavy atom. The lowest BCUT2D eigenvalue weighted by Gasteiger charge is -2.12. The third-order valence-corrected chi connectivity index (χ3v) is 4.71. The van der Waals surface area contributed by atoms with Crippen LogP contribution < -0.4 is 5.32 Å². The van der Waals surface area contributed by atoms with Crippen molar-refractivity contribution in [3.63, 3.8) is 0 Å². The number of fused-ring (bicyclic) bond motifs is 3. The smallest absolute Gasteiger partial charge is 0.136 e. The van der Waals surface area contributed by atoms with E-state index in [-0.39, 0.29) is 0 Å². The number of nitrogens with zero attached hydrogens (tertiary/aromatic N) is 3. The summed E-state index contributed by atoms with van der Waals surface area (Å²) < 4.78 is 2.31. The number of anilines is 1. The Labute approximate surface area is 144 Å². The summed E-state index contributed by atoms with van der Waals surface area (Å²) in [5, 5.41) is 6.15. The summed E-state index contributed by atoms with van der Waals surface area (Å²) in [5.41, 5.74) is 6.41. The Morgan fingerprint density at radius 2 is 1.83 bits per heavy atom. The van der Waals surface area contributed by atoms with Crippen molar-refractivity contribution in [2.45, 2.75) is 27.2 Å². The molecule has 0 saturated carbocycles. The SMILES string of the molecule is Cc1cc(C)c2c3c(NCCCN(C)C)ncc(C)c3n(C)c2c1. The Morgan fingerprint density at radius 3 is 2.54 bits per heavy atom. The molecule has 0 aliphatic carbocycles. The van der Waals surface area contributed by atoms with Gasteiger partial charge in [0.2, 0.25) is 0 Å². The van der Waals surface area contributed by atoms with Crippen molar-refractivity contribution in [1.29, 1.82) is 0 Å². The minimum atomic E-state index is 0.935. The highest BCUT2D eigenvalue weighted by Crippen LogP contribution is 2.36. The molecule has 0 aliphatic heterocycles. The fraction of sp³-hybridized carbons (Fsp3) is 0.450. The van der Waals surface area contributed by atoms with E-state index in [1.807, 2.05) is 6.20 Å². The van der Waals surface area contributed by atoms with Gasteiger partial charge in [-0.2, -0.15) is 0 Å². The predicted octanol–water partition coefficient (Wildman–Crippen LogP) is 4.02. The van der Waals surface area contributed by atoms with E-state index >= 15 is 0 Å². The van der Waals surface area contributed by atoms with Crippen LogP contribution in [-0.4, -0.2) is 41.6 Å². The highest BCUT2D eigenvalue weighted by Gasteiger charge is 2.17. The molecule has 2 heterocycles. The van der Waals surface area contributed by atoms with Gasteiger partial charge in [0, 0.05) is 30.7 Å². The van der Waals surface area contributed by atoms with E-state index in [1.165, 1.54) is 38.5 Å². The summed E-state index contributed by atoms with van der Waals surface area (Å²) in [6.45, 7) is 8.52. The van der Waals surface area contributed by atoms with Crippen LogP contribution in [0.1, 0.15) is 23.1 Å². The fourth-order valence-electron chi connectivity index (χ4n) is 3.66. The van der Waals surface area contributed by atoms with E-state index in [9.17, 15) is 0 Å². The van der Waals surface area contributed by atoms with E-state index in [2.05, 4.69) is 68.8 Å². The molecule has 3 aromatic rings. The van der Waals surface area contributed by atoms with Gasteiger partial charge in [0.05, 0.1) is 10.9 Å². The van der Waals surface area contributed by atoms with Crippen molar-refractivity contribution >= 4 is 27.6 Å². The maximum absolute atomic E-state index is 4.71. The molecule has 4 nitrogen and oxygen atoms in total. The van der Waals surface area contributed by atoms with Crippen LogP contribution in [0.5, 0.6) is 0 Å². The molecule has 0 saturated heterocycles. The molecule has 0 bridgehead atoms. The number of nitrogens with one attached hydrogen (secondary N) is 1. The first-order chi connectivity index (χ1) is 11.4. The third-order valence-electron chi connectivity index (χ3n) is 4.71. The lowest BCUT2D eigenvalue weighted by atomic mass is 10.0. The van der Waals surface area contributed by atoms with Crippen LogP contribution in [0.25, 0.3) is 21.8 Å². The van der Waals surface area contributed by atoms with Crippen molar-refractivity contribution in [3.05, 3.63) is 35.0 Å². The molecule has 0 spiro atoms. The molecule has 4 heteroatoms. The largest absolute Gasteiger partial charge is 0.369 e. The van der Waals surface area contributed by atoms with Gasteiger partial charge >= 0.3 is 0 Å². The maximum atomic E-state index is 4.71. The molecule has 1 aromatic carbocycles. The van der Waals surface area contributed by atoms with Crippen molar-refractivity contribution < 1.29 is 0 Å². The average molecular weight is 324 g/mol.